The molecule has 0 aliphatic carbocycles. The maximum Gasteiger partial charge on any atom is 0.258 e. The Labute approximate surface area is 154 Å². The normalized spacial score (nSPS) is 12.0. The van der Waals surface area contributed by atoms with Crippen molar-refractivity contribution in [1.29, 1.82) is 0 Å². The Hall–Kier alpha value is -1.56. The molecular weight excluding hydrogens is 360 g/mol. The van der Waals surface area contributed by atoms with E-state index in [4.69, 9.17) is 11.6 Å². The van der Waals surface area contributed by atoms with Crippen LogP contribution in [0.1, 0.15) is 11.1 Å². The summed E-state index contributed by atoms with van der Waals surface area (Å²) in [5.41, 5.74) is 3.27. The first kappa shape index (κ1) is 17.3. The summed E-state index contributed by atoms with van der Waals surface area (Å²) in [5, 5.41) is 0.729. The molecule has 0 fully saturated rings. The van der Waals surface area contributed by atoms with E-state index in [1.807, 2.05) is 48.9 Å². The first-order chi connectivity index (χ1) is 11.6. The highest BCUT2D eigenvalue weighted by Gasteiger charge is 2.09. The van der Waals surface area contributed by atoms with E-state index in [0.29, 0.717) is 10.6 Å². The minimum atomic E-state index is -0.109. The van der Waals surface area contributed by atoms with Gasteiger partial charge in [-0.15, -0.1) is 11.8 Å². The van der Waals surface area contributed by atoms with Crippen LogP contribution in [0.2, 0.25) is 5.02 Å². The lowest BCUT2D eigenvalue weighted by atomic mass is 10.2. The molecule has 0 spiro atoms. The fourth-order valence-electron chi connectivity index (χ4n) is 2.48. The first-order valence-electron chi connectivity index (χ1n) is 7.50. The second-order valence-electron chi connectivity index (χ2n) is 5.45. The van der Waals surface area contributed by atoms with Crippen LogP contribution in [-0.4, -0.2) is 16.2 Å². The van der Waals surface area contributed by atoms with Crippen LogP contribution in [0.3, 0.4) is 0 Å². The van der Waals surface area contributed by atoms with Crippen molar-refractivity contribution in [3.05, 3.63) is 63.4 Å². The van der Waals surface area contributed by atoms with E-state index >= 15 is 0 Å². The molecule has 6 heteroatoms. The SMILES string of the molecule is Cc1c(Cl)ccc2sc(=NC(=O)CSCc3ccccc3)n(C)c12. The molecule has 2 aromatic carbocycles. The number of nitrogens with zero attached hydrogens (tertiary/aromatic N) is 2. The van der Waals surface area contributed by atoms with Gasteiger partial charge in [0.05, 0.1) is 16.0 Å². The van der Waals surface area contributed by atoms with E-state index in [0.717, 1.165) is 26.6 Å². The lowest BCUT2D eigenvalue weighted by Crippen LogP contribution is -2.14. The van der Waals surface area contributed by atoms with Gasteiger partial charge in [0.2, 0.25) is 0 Å². The maximum absolute atomic E-state index is 12.2. The summed E-state index contributed by atoms with van der Waals surface area (Å²) >= 11 is 9.29. The van der Waals surface area contributed by atoms with Crippen molar-refractivity contribution in [3.8, 4) is 0 Å². The number of aryl methyl sites for hydroxylation is 2. The predicted molar refractivity (Wildman–Crippen MR) is 104 cm³/mol. The average Bonchev–Trinajstić information content (AvgIpc) is 2.89. The van der Waals surface area contributed by atoms with E-state index in [2.05, 4.69) is 17.1 Å². The molecule has 24 heavy (non-hydrogen) atoms. The summed E-state index contributed by atoms with van der Waals surface area (Å²) in [5.74, 6) is 1.08. The minimum absolute atomic E-state index is 0.109. The van der Waals surface area contributed by atoms with Crippen molar-refractivity contribution in [1.82, 2.24) is 4.57 Å². The van der Waals surface area contributed by atoms with Crippen LogP contribution in [0.5, 0.6) is 0 Å². The van der Waals surface area contributed by atoms with Crippen LogP contribution >= 0.6 is 34.7 Å². The quantitative estimate of drug-likeness (QED) is 0.668. The van der Waals surface area contributed by atoms with E-state index in [1.165, 1.54) is 16.9 Å². The third kappa shape index (κ3) is 3.74. The Morgan fingerprint density at radius 3 is 2.75 bits per heavy atom. The topological polar surface area (TPSA) is 34.4 Å². The van der Waals surface area contributed by atoms with Gasteiger partial charge in [0.1, 0.15) is 0 Å². The van der Waals surface area contributed by atoms with Crippen LogP contribution in [0.4, 0.5) is 0 Å². The lowest BCUT2D eigenvalue weighted by molar-refractivity contribution is -0.115. The Balaban J connectivity index is 1.76. The molecular formula is C18H17ClN2OS2. The third-order valence-electron chi connectivity index (χ3n) is 3.71. The van der Waals surface area contributed by atoms with Gasteiger partial charge in [-0.05, 0) is 30.2 Å². The van der Waals surface area contributed by atoms with E-state index in [9.17, 15) is 4.79 Å². The number of hydrogen-bond donors (Lipinski definition) is 0. The van der Waals surface area contributed by atoms with Gasteiger partial charge in [-0.2, -0.15) is 4.99 Å². The van der Waals surface area contributed by atoms with Crippen molar-refractivity contribution in [2.24, 2.45) is 12.0 Å². The van der Waals surface area contributed by atoms with E-state index in [1.54, 1.807) is 11.8 Å². The van der Waals surface area contributed by atoms with Crippen molar-refractivity contribution in [2.45, 2.75) is 12.7 Å². The van der Waals surface area contributed by atoms with Crippen LogP contribution < -0.4 is 4.80 Å². The zero-order valence-corrected chi connectivity index (χ0v) is 15.8. The minimum Gasteiger partial charge on any atom is -0.319 e. The standard InChI is InChI=1S/C18H17ClN2OS2/c1-12-14(19)8-9-15-17(12)21(2)18(24-15)20-16(22)11-23-10-13-6-4-3-5-7-13/h3-9H,10-11H2,1-2H3. The second kappa shape index (κ2) is 7.55. The fourth-order valence-corrected chi connectivity index (χ4v) is 4.50. The molecule has 1 heterocycles. The molecule has 1 amide bonds. The summed E-state index contributed by atoms with van der Waals surface area (Å²) < 4.78 is 3.03. The highest BCUT2D eigenvalue weighted by atomic mass is 35.5. The Bertz CT molecular complexity index is 945. The monoisotopic (exact) mass is 376 g/mol. The van der Waals surface area contributed by atoms with E-state index in [-0.39, 0.29) is 5.91 Å². The van der Waals surface area contributed by atoms with Crippen molar-refractivity contribution in [3.63, 3.8) is 0 Å². The number of carbonyl (C=O) groups excluding carboxylic acids is 1. The Morgan fingerprint density at radius 1 is 1.25 bits per heavy atom. The molecule has 0 N–H and O–H groups in total. The van der Waals surface area contributed by atoms with Gasteiger partial charge in [-0.25, -0.2) is 0 Å². The van der Waals surface area contributed by atoms with Gasteiger partial charge in [0.15, 0.2) is 4.80 Å². The number of hydrogen-bond acceptors (Lipinski definition) is 3. The highest BCUT2D eigenvalue weighted by Crippen LogP contribution is 2.26. The highest BCUT2D eigenvalue weighted by molar-refractivity contribution is 7.99. The summed E-state index contributed by atoms with van der Waals surface area (Å²) in [6.07, 6.45) is 0. The molecule has 3 rings (SSSR count). The fraction of sp³-hybridized carbons (Fsp3) is 0.222. The number of thioether (sulfide) groups is 1. The van der Waals surface area contributed by atoms with Gasteiger partial charge >= 0.3 is 0 Å². The Kier molecular flexibility index (Phi) is 5.43. The van der Waals surface area contributed by atoms with Gasteiger partial charge in [-0.3, -0.25) is 4.79 Å². The lowest BCUT2D eigenvalue weighted by Gasteiger charge is -2.02. The van der Waals surface area contributed by atoms with Gasteiger partial charge < -0.3 is 4.57 Å². The summed E-state index contributed by atoms with van der Waals surface area (Å²) in [7, 11) is 1.92. The number of rotatable bonds is 4. The van der Waals surface area contributed by atoms with Crippen LogP contribution in [0.25, 0.3) is 10.2 Å². The van der Waals surface area contributed by atoms with Crippen LogP contribution in [0.15, 0.2) is 47.5 Å². The van der Waals surface area contributed by atoms with Gasteiger partial charge in [0, 0.05) is 17.8 Å². The number of aromatic nitrogens is 1. The second-order valence-corrected chi connectivity index (χ2v) is 7.85. The molecule has 0 atom stereocenters. The van der Waals surface area contributed by atoms with Gasteiger partial charge in [0.25, 0.3) is 5.91 Å². The zero-order valence-electron chi connectivity index (χ0n) is 13.5. The molecule has 0 aliphatic heterocycles. The molecule has 0 saturated heterocycles. The first-order valence-corrected chi connectivity index (χ1v) is 9.85. The molecule has 124 valence electrons. The summed E-state index contributed by atoms with van der Waals surface area (Å²) in [6, 6.07) is 14.0. The zero-order chi connectivity index (χ0) is 17.1. The van der Waals surface area contributed by atoms with Crippen molar-refractivity contribution in [2.75, 3.05) is 5.75 Å². The number of thiazole rings is 1. The number of amides is 1. The van der Waals surface area contributed by atoms with Crippen molar-refractivity contribution >= 4 is 50.8 Å². The van der Waals surface area contributed by atoms with Crippen molar-refractivity contribution < 1.29 is 4.79 Å². The van der Waals surface area contributed by atoms with Gasteiger partial charge in [-0.1, -0.05) is 53.3 Å². The third-order valence-corrected chi connectivity index (χ3v) is 6.20. The predicted octanol–water partition coefficient (Wildman–Crippen LogP) is 4.56. The summed E-state index contributed by atoms with van der Waals surface area (Å²) in [6.45, 7) is 1.98. The smallest absolute Gasteiger partial charge is 0.258 e. The molecule has 0 radical (unpaired) electrons. The van der Waals surface area contributed by atoms with E-state index < -0.39 is 0 Å². The van der Waals surface area contributed by atoms with Crippen LogP contribution in [0, 0.1) is 6.92 Å². The largest absolute Gasteiger partial charge is 0.319 e. The number of fused-ring (bicyclic) bond motifs is 1. The molecule has 0 saturated carbocycles. The molecule has 0 bridgehead atoms. The maximum atomic E-state index is 12.2. The Morgan fingerprint density at radius 2 is 2.00 bits per heavy atom. The van der Waals surface area contributed by atoms with Crippen LogP contribution in [-0.2, 0) is 17.6 Å². The molecule has 1 aromatic heterocycles. The summed E-state index contributed by atoms with van der Waals surface area (Å²) in [4.78, 5) is 17.1. The number of benzene rings is 2. The molecule has 0 unspecified atom stereocenters. The average molecular weight is 377 g/mol. The molecule has 0 aliphatic rings. The number of carbonyl (C=O) groups is 1. The molecule has 3 aromatic rings. The molecule has 3 nitrogen and oxygen atoms in total. The number of halogens is 1.